The lowest BCUT2D eigenvalue weighted by atomic mass is 10.2. The first-order chi connectivity index (χ1) is 9.00. The summed E-state index contributed by atoms with van der Waals surface area (Å²) >= 11 is 5.84. The number of hydrogen-bond acceptors (Lipinski definition) is 5. The molecule has 0 spiro atoms. The topological polar surface area (TPSA) is 81.2 Å². The van der Waals surface area contributed by atoms with E-state index in [0.717, 1.165) is 11.3 Å². The van der Waals surface area contributed by atoms with E-state index >= 15 is 0 Å². The van der Waals surface area contributed by atoms with Crippen molar-refractivity contribution in [3.63, 3.8) is 0 Å². The third-order valence-corrected chi connectivity index (χ3v) is 3.11. The van der Waals surface area contributed by atoms with Crippen LogP contribution in [0.1, 0.15) is 17.0 Å². The lowest BCUT2D eigenvalue weighted by Crippen LogP contribution is -2.04. The van der Waals surface area contributed by atoms with Gasteiger partial charge in [0.15, 0.2) is 0 Å². The molecule has 19 heavy (non-hydrogen) atoms. The predicted octanol–water partition coefficient (Wildman–Crippen LogP) is 3.47. The van der Waals surface area contributed by atoms with Gasteiger partial charge in [-0.1, -0.05) is 22.8 Å². The Morgan fingerprint density at radius 1 is 1.47 bits per heavy atom. The van der Waals surface area contributed by atoms with Gasteiger partial charge < -0.3 is 9.84 Å². The maximum atomic E-state index is 11.0. The first kappa shape index (κ1) is 13.4. The zero-order valence-electron chi connectivity index (χ0n) is 10.4. The Morgan fingerprint density at radius 2 is 2.21 bits per heavy atom. The summed E-state index contributed by atoms with van der Waals surface area (Å²) in [7, 11) is 0. The molecule has 1 aromatic carbocycles. The molecule has 6 nitrogen and oxygen atoms in total. The number of hydrogen-bond donors (Lipinski definition) is 1. The minimum atomic E-state index is -0.502. The number of aryl methyl sites for hydroxylation is 2. The van der Waals surface area contributed by atoms with Crippen molar-refractivity contribution in [1.82, 2.24) is 5.16 Å². The van der Waals surface area contributed by atoms with Crippen LogP contribution in [-0.4, -0.2) is 10.1 Å². The number of aromatic nitrogens is 1. The molecule has 0 aliphatic carbocycles. The molecule has 0 unspecified atom stereocenters. The van der Waals surface area contributed by atoms with Gasteiger partial charge in [-0.25, -0.2) is 0 Å². The van der Waals surface area contributed by atoms with Gasteiger partial charge in [0.05, 0.1) is 10.6 Å². The second-order valence-electron chi connectivity index (χ2n) is 4.05. The molecule has 0 amide bonds. The van der Waals surface area contributed by atoms with E-state index in [1.165, 1.54) is 6.07 Å². The SMILES string of the molecule is Cc1noc(C)c1CNc1cccc(Cl)c1[N+](=O)[O-]. The summed E-state index contributed by atoms with van der Waals surface area (Å²) in [6.45, 7) is 4.01. The average Bonchev–Trinajstić information content (AvgIpc) is 2.66. The maximum Gasteiger partial charge on any atom is 0.310 e. The van der Waals surface area contributed by atoms with Crippen LogP contribution in [0.4, 0.5) is 11.4 Å². The summed E-state index contributed by atoms with van der Waals surface area (Å²) in [5, 5.41) is 17.9. The Kier molecular flexibility index (Phi) is 3.71. The van der Waals surface area contributed by atoms with Gasteiger partial charge in [0.25, 0.3) is 0 Å². The van der Waals surface area contributed by atoms with Crippen LogP contribution in [0.5, 0.6) is 0 Å². The molecule has 1 N–H and O–H groups in total. The Hall–Kier alpha value is -2.08. The van der Waals surface area contributed by atoms with Gasteiger partial charge in [0.2, 0.25) is 0 Å². The highest BCUT2D eigenvalue weighted by molar-refractivity contribution is 6.33. The molecule has 0 fully saturated rings. The van der Waals surface area contributed by atoms with Crippen LogP contribution in [0.3, 0.4) is 0 Å². The number of nitrogens with one attached hydrogen (secondary N) is 1. The lowest BCUT2D eigenvalue weighted by Gasteiger charge is -2.07. The molecule has 7 heteroatoms. The summed E-state index contributed by atoms with van der Waals surface area (Å²) in [6, 6.07) is 4.76. The highest BCUT2D eigenvalue weighted by Crippen LogP contribution is 2.32. The number of nitro benzene ring substituents is 1. The van der Waals surface area contributed by atoms with Gasteiger partial charge >= 0.3 is 5.69 Å². The second-order valence-corrected chi connectivity index (χ2v) is 4.46. The maximum absolute atomic E-state index is 11.0. The number of benzene rings is 1. The monoisotopic (exact) mass is 281 g/mol. The first-order valence-corrected chi connectivity index (χ1v) is 5.97. The van der Waals surface area contributed by atoms with Crippen LogP contribution in [0.25, 0.3) is 0 Å². The van der Waals surface area contributed by atoms with Crippen molar-refractivity contribution in [3.05, 3.63) is 50.4 Å². The molecule has 100 valence electrons. The highest BCUT2D eigenvalue weighted by atomic mass is 35.5. The molecule has 2 rings (SSSR count). The number of rotatable bonds is 4. The summed E-state index contributed by atoms with van der Waals surface area (Å²) in [5.41, 5.74) is 1.89. The van der Waals surface area contributed by atoms with E-state index in [9.17, 15) is 10.1 Å². The van der Waals surface area contributed by atoms with Gasteiger partial charge in [-0.3, -0.25) is 10.1 Å². The van der Waals surface area contributed by atoms with Crippen LogP contribution >= 0.6 is 11.6 Å². The van der Waals surface area contributed by atoms with E-state index in [0.29, 0.717) is 18.0 Å². The van der Waals surface area contributed by atoms with Crippen LogP contribution < -0.4 is 5.32 Å². The predicted molar refractivity (Wildman–Crippen MR) is 71.4 cm³/mol. The van der Waals surface area contributed by atoms with E-state index in [4.69, 9.17) is 16.1 Å². The molecule has 0 bridgehead atoms. The quantitative estimate of drug-likeness (QED) is 0.685. The Balaban J connectivity index is 2.25. The van der Waals surface area contributed by atoms with E-state index in [1.807, 2.05) is 6.92 Å². The lowest BCUT2D eigenvalue weighted by molar-refractivity contribution is -0.383. The largest absolute Gasteiger partial charge is 0.375 e. The second kappa shape index (κ2) is 5.27. The average molecular weight is 282 g/mol. The molecule has 2 aromatic rings. The summed E-state index contributed by atoms with van der Waals surface area (Å²) < 4.78 is 5.04. The summed E-state index contributed by atoms with van der Waals surface area (Å²) in [4.78, 5) is 10.5. The third kappa shape index (κ3) is 2.68. The van der Waals surface area contributed by atoms with E-state index in [2.05, 4.69) is 10.5 Å². The van der Waals surface area contributed by atoms with E-state index < -0.39 is 4.92 Å². The van der Waals surface area contributed by atoms with Gasteiger partial charge in [-0.05, 0) is 26.0 Å². The molecule has 0 saturated carbocycles. The fourth-order valence-electron chi connectivity index (χ4n) is 1.78. The fourth-order valence-corrected chi connectivity index (χ4v) is 2.02. The van der Waals surface area contributed by atoms with E-state index in [-0.39, 0.29) is 10.7 Å². The van der Waals surface area contributed by atoms with Crippen LogP contribution in [0.15, 0.2) is 22.7 Å². The molecular formula is C12H12ClN3O3. The van der Waals surface area contributed by atoms with Crippen LogP contribution in [0.2, 0.25) is 5.02 Å². The standard InChI is InChI=1S/C12H12ClN3O3/c1-7-9(8(2)19-15-7)6-14-11-5-3-4-10(13)12(11)16(17)18/h3-5,14H,6H2,1-2H3. The molecule has 1 heterocycles. The van der Waals surface area contributed by atoms with Crippen molar-refractivity contribution in [2.75, 3.05) is 5.32 Å². The van der Waals surface area contributed by atoms with Gasteiger partial charge in [-0.2, -0.15) is 0 Å². The van der Waals surface area contributed by atoms with Crippen molar-refractivity contribution < 1.29 is 9.45 Å². The van der Waals surface area contributed by atoms with Gasteiger partial charge in [0, 0.05) is 12.1 Å². The molecule has 0 radical (unpaired) electrons. The van der Waals surface area contributed by atoms with Crippen molar-refractivity contribution in [2.45, 2.75) is 20.4 Å². The van der Waals surface area contributed by atoms with E-state index in [1.54, 1.807) is 19.1 Å². The van der Waals surface area contributed by atoms with Crippen molar-refractivity contribution in [1.29, 1.82) is 0 Å². The Morgan fingerprint density at radius 3 is 2.79 bits per heavy atom. The summed E-state index contributed by atoms with van der Waals surface area (Å²) in [5.74, 6) is 0.690. The number of nitro groups is 1. The zero-order chi connectivity index (χ0) is 14.0. The van der Waals surface area contributed by atoms with Gasteiger partial charge in [-0.15, -0.1) is 0 Å². The Labute approximate surface area is 114 Å². The molecule has 0 aliphatic heterocycles. The number of halogens is 1. The first-order valence-electron chi connectivity index (χ1n) is 5.59. The third-order valence-electron chi connectivity index (χ3n) is 2.81. The normalized spacial score (nSPS) is 10.5. The van der Waals surface area contributed by atoms with Crippen molar-refractivity contribution >= 4 is 23.0 Å². The smallest absolute Gasteiger partial charge is 0.310 e. The minimum absolute atomic E-state index is 0.105. The molecule has 0 aliphatic rings. The molecule has 0 saturated heterocycles. The zero-order valence-corrected chi connectivity index (χ0v) is 11.2. The number of anilines is 1. The number of para-hydroxylation sites is 1. The minimum Gasteiger partial charge on any atom is -0.375 e. The van der Waals surface area contributed by atoms with Crippen LogP contribution in [-0.2, 0) is 6.54 Å². The van der Waals surface area contributed by atoms with Crippen LogP contribution in [0, 0.1) is 24.0 Å². The van der Waals surface area contributed by atoms with Crippen molar-refractivity contribution in [3.8, 4) is 0 Å². The molecule has 1 aromatic heterocycles. The molecular weight excluding hydrogens is 270 g/mol. The van der Waals surface area contributed by atoms with Crippen molar-refractivity contribution in [2.24, 2.45) is 0 Å². The Bertz CT molecular complexity index is 605. The number of nitrogens with zero attached hydrogens (tertiary/aromatic N) is 2. The fraction of sp³-hybridized carbons (Fsp3) is 0.250. The summed E-state index contributed by atoms with van der Waals surface area (Å²) in [6.07, 6.45) is 0. The molecule has 0 atom stereocenters. The van der Waals surface area contributed by atoms with Gasteiger partial charge in [0.1, 0.15) is 16.5 Å². The highest BCUT2D eigenvalue weighted by Gasteiger charge is 2.19.